The molecule has 0 saturated carbocycles. The zero-order valence-corrected chi connectivity index (χ0v) is 18.2. The second-order valence-corrected chi connectivity index (χ2v) is 8.22. The number of nitrogens with zero attached hydrogens (tertiary/aromatic N) is 4. The van der Waals surface area contributed by atoms with Crippen LogP contribution in [0.25, 0.3) is 10.9 Å². The highest BCUT2D eigenvalue weighted by atomic mass is 16.6. The van der Waals surface area contributed by atoms with Gasteiger partial charge in [-0.1, -0.05) is 0 Å². The molecular weight excluding hydrogens is 408 g/mol. The molecule has 2 aliphatic heterocycles. The van der Waals surface area contributed by atoms with E-state index in [-0.39, 0.29) is 6.10 Å². The standard InChI is InChI=1S/C23H26N6O3/c1-28-6-5-14-8-21(31-2)20(7-16(14)12-28)27-22-25-11-15-3-4-17(9-19(15)26-22)29-13-18(10-24)32-23(29)30/h3-4,7-9,11,18H,5-6,10,12-13,24H2,1-2H3,(H,25,26,27). The number of carbonyl (C=O) groups is 1. The molecule has 9 heteroatoms. The minimum atomic E-state index is -0.393. The summed E-state index contributed by atoms with van der Waals surface area (Å²) in [7, 11) is 3.79. The number of methoxy groups -OCH3 is 1. The first kappa shape index (κ1) is 20.5. The van der Waals surface area contributed by atoms with Crippen LogP contribution in [0.1, 0.15) is 11.1 Å². The molecule has 5 rings (SSSR count). The van der Waals surface area contributed by atoms with Crippen molar-refractivity contribution in [1.82, 2.24) is 14.9 Å². The van der Waals surface area contributed by atoms with Crippen LogP contribution in [0.2, 0.25) is 0 Å². The molecule has 0 bridgehead atoms. The lowest BCUT2D eigenvalue weighted by Crippen LogP contribution is -2.27. The largest absolute Gasteiger partial charge is 0.495 e. The number of carbonyl (C=O) groups excluding carboxylic acids is 1. The van der Waals surface area contributed by atoms with Crippen molar-refractivity contribution in [2.24, 2.45) is 5.73 Å². The molecule has 1 fully saturated rings. The minimum absolute atomic E-state index is 0.295. The lowest BCUT2D eigenvalue weighted by molar-refractivity contribution is 0.145. The number of likely N-dealkylation sites (N-methyl/N-ethyl adjacent to an activating group) is 1. The van der Waals surface area contributed by atoms with Gasteiger partial charge in [0.15, 0.2) is 0 Å². The van der Waals surface area contributed by atoms with Gasteiger partial charge in [-0.25, -0.2) is 14.8 Å². The number of hydrogen-bond donors (Lipinski definition) is 2. The van der Waals surface area contributed by atoms with Gasteiger partial charge >= 0.3 is 6.09 Å². The maximum Gasteiger partial charge on any atom is 0.414 e. The van der Waals surface area contributed by atoms with Crippen molar-refractivity contribution in [2.45, 2.75) is 19.1 Å². The Morgan fingerprint density at radius 3 is 2.94 bits per heavy atom. The van der Waals surface area contributed by atoms with E-state index in [0.717, 1.165) is 47.5 Å². The van der Waals surface area contributed by atoms with Crippen LogP contribution in [0.3, 0.4) is 0 Å². The first-order chi connectivity index (χ1) is 15.5. The molecule has 9 nitrogen and oxygen atoms in total. The van der Waals surface area contributed by atoms with Gasteiger partial charge < -0.3 is 25.4 Å². The van der Waals surface area contributed by atoms with Crippen LogP contribution in [0.4, 0.5) is 22.1 Å². The van der Waals surface area contributed by atoms with Crippen LogP contribution in [0.15, 0.2) is 36.5 Å². The first-order valence-electron chi connectivity index (χ1n) is 10.6. The number of amides is 1. The topological polar surface area (TPSA) is 106 Å². The molecule has 1 saturated heterocycles. The van der Waals surface area contributed by atoms with E-state index in [2.05, 4.69) is 39.4 Å². The number of rotatable bonds is 5. The van der Waals surface area contributed by atoms with Gasteiger partial charge in [0.25, 0.3) is 0 Å². The Labute approximate surface area is 186 Å². The third-order valence-electron chi connectivity index (χ3n) is 5.99. The van der Waals surface area contributed by atoms with Crippen LogP contribution in [-0.2, 0) is 17.7 Å². The van der Waals surface area contributed by atoms with Gasteiger partial charge in [-0.3, -0.25) is 4.90 Å². The fourth-order valence-electron chi connectivity index (χ4n) is 4.21. The van der Waals surface area contributed by atoms with Crippen LogP contribution < -0.4 is 20.7 Å². The molecule has 3 N–H and O–H groups in total. The highest BCUT2D eigenvalue weighted by Crippen LogP contribution is 2.33. The molecule has 1 aromatic heterocycles. The normalized spacial score (nSPS) is 18.5. The van der Waals surface area contributed by atoms with Gasteiger partial charge in [-0.15, -0.1) is 0 Å². The van der Waals surface area contributed by atoms with E-state index in [4.69, 9.17) is 15.2 Å². The third kappa shape index (κ3) is 3.80. The van der Waals surface area contributed by atoms with E-state index in [0.29, 0.717) is 19.0 Å². The lowest BCUT2D eigenvalue weighted by atomic mass is 9.99. The second-order valence-electron chi connectivity index (χ2n) is 8.22. The Morgan fingerprint density at radius 2 is 2.16 bits per heavy atom. The van der Waals surface area contributed by atoms with E-state index >= 15 is 0 Å². The fraction of sp³-hybridized carbons (Fsp3) is 0.348. The van der Waals surface area contributed by atoms with Crippen LogP contribution in [0.5, 0.6) is 5.75 Å². The summed E-state index contributed by atoms with van der Waals surface area (Å²) in [6.45, 7) is 2.66. The Bertz CT molecular complexity index is 1180. The molecular formula is C23H26N6O3. The summed E-state index contributed by atoms with van der Waals surface area (Å²) in [5, 5.41) is 4.18. The number of nitrogens with two attached hydrogens (primary N) is 1. The van der Waals surface area contributed by atoms with Gasteiger partial charge in [0.1, 0.15) is 11.9 Å². The molecule has 3 aromatic rings. The van der Waals surface area contributed by atoms with Crippen LogP contribution in [-0.4, -0.2) is 60.9 Å². The number of aromatic nitrogens is 2. The van der Waals surface area contributed by atoms with Crippen molar-refractivity contribution < 1.29 is 14.3 Å². The minimum Gasteiger partial charge on any atom is -0.495 e. The van der Waals surface area contributed by atoms with E-state index in [1.165, 1.54) is 11.1 Å². The van der Waals surface area contributed by atoms with E-state index in [9.17, 15) is 4.79 Å². The van der Waals surface area contributed by atoms with Crippen LogP contribution >= 0.6 is 0 Å². The van der Waals surface area contributed by atoms with Crippen molar-refractivity contribution in [3.05, 3.63) is 47.7 Å². The molecule has 3 heterocycles. The molecule has 0 aliphatic carbocycles. The van der Waals surface area contributed by atoms with Crippen molar-refractivity contribution in [1.29, 1.82) is 0 Å². The van der Waals surface area contributed by atoms with E-state index < -0.39 is 6.09 Å². The zero-order chi connectivity index (χ0) is 22.2. The number of fused-ring (bicyclic) bond motifs is 2. The predicted octanol–water partition coefficient (Wildman–Crippen LogP) is 2.65. The SMILES string of the molecule is COc1cc2c(cc1Nc1ncc3ccc(N4CC(CN)OC4=O)cc3n1)CN(C)CC2. The van der Waals surface area contributed by atoms with E-state index in [1.54, 1.807) is 18.2 Å². The summed E-state index contributed by atoms with van der Waals surface area (Å²) in [5.41, 5.74) is 10.5. The predicted molar refractivity (Wildman–Crippen MR) is 123 cm³/mol. The Kier molecular flexibility index (Phi) is 5.28. The highest BCUT2D eigenvalue weighted by molar-refractivity contribution is 5.93. The summed E-state index contributed by atoms with van der Waals surface area (Å²) in [5.74, 6) is 1.22. The molecule has 166 valence electrons. The number of hydrogen-bond acceptors (Lipinski definition) is 8. The summed E-state index contributed by atoms with van der Waals surface area (Å²) in [6.07, 6.45) is 2.08. The molecule has 2 aromatic carbocycles. The molecule has 0 spiro atoms. The molecule has 32 heavy (non-hydrogen) atoms. The second kappa shape index (κ2) is 8.25. The van der Waals surface area contributed by atoms with Gasteiger partial charge in [-0.05, 0) is 54.9 Å². The van der Waals surface area contributed by atoms with E-state index in [1.807, 2.05) is 18.2 Å². The maximum absolute atomic E-state index is 12.2. The smallest absolute Gasteiger partial charge is 0.414 e. The van der Waals surface area contributed by atoms with Crippen LogP contribution in [0, 0.1) is 0 Å². The zero-order valence-electron chi connectivity index (χ0n) is 18.2. The quantitative estimate of drug-likeness (QED) is 0.631. The maximum atomic E-state index is 12.2. The summed E-state index contributed by atoms with van der Waals surface area (Å²) >= 11 is 0. The average molecular weight is 435 g/mol. The highest BCUT2D eigenvalue weighted by Gasteiger charge is 2.31. The summed E-state index contributed by atoms with van der Waals surface area (Å²) in [4.78, 5) is 25.2. The van der Waals surface area contributed by atoms with Crippen molar-refractivity contribution >= 4 is 34.3 Å². The van der Waals surface area contributed by atoms with Gasteiger partial charge in [-0.2, -0.15) is 0 Å². The summed E-state index contributed by atoms with van der Waals surface area (Å²) < 4.78 is 10.9. The first-order valence-corrected chi connectivity index (χ1v) is 10.6. The number of anilines is 3. The molecule has 0 radical (unpaired) electrons. The van der Waals surface area contributed by atoms with Gasteiger partial charge in [0, 0.05) is 36.9 Å². The molecule has 2 aliphatic rings. The molecule has 1 atom stereocenters. The van der Waals surface area contributed by atoms with Crippen molar-refractivity contribution in [3.8, 4) is 5.75 Å². The number of benzene rings is 2. The Balaban J connectivity index is 1.45. The average Bonchev–Trinajstić information content (AvgIpc) is 3.19. The Hall–Kier alpha value is -3.43. The molecule has 1 unspecified atom stereocenters. The van der Waals surface area contributed by atoms with Gasteiger partial charge in [0.2, 0.25) is 5.95 Å². The van der Waals surface area contributed by atoms with Crippen molar-refractivity contribution in [3.63, 3.8) is 0 Å². The summed E-state index contributed by atoms with van der Waals surface area (Å²) in [6, 6.07) is 9.83. The lowest BCUT2D eigenvalue weighted by Gasteiger charge is -2.26. The molecule has 1 amide bonds. The third-order valence-corrected chi connectivity index (χ3v) is 5.99. The number of nitrogens with one attached hydrogen (secondary N) is 1. The van der Waals surface area contributed by atoms with Crippen molar-refractivity contribution in [2.75, 3.05) is 44.0 Å². The Morgan fingerprint density at radius 1 is 1.28 bits per heavy atom. The van der Waals surface area contributed by atoms with Gasteiger partial charge in [0.05, 0.1) is 24.9 Å². The number of cyclic esters (lactones) is 1. The number of ether oxygens (including phenoxy) is 2. The fourth-order valence-corrected chi connectivity index (χ4v) is 4.21. The monoisotopic (exact) mass is 434 g/mol.